The van der Waals surface area contributed by atoms with Crippen LogP contribution in [-0.2, 0) is 9.53 Å². The van der Waals surface area contributed by atoms with Crippen LogP contribution < -0.4 is 4.74 Å². The molecule has 0 N–H and O–H groups in total. The third kappa shape index (κ3) is 6.54. The van der Waals surface area contributed by atoms with Gasteiger partial charge in [0.15, 0.2) is 6.17 Å². The van der Waals surface area contributed by atoms with E-state index in [2.05, 4.69) is 11.1 Å². The molecule has 0 radical (unpaired) electrons. The number of unbranched alkanes of at least 4 members (excludes halogenated alkanes) is 1. The molecule has 0 aliphatic heterocycles. The van der Waals surface area contributed by atoms with Gasteiger partial charge in [-0.05, 0) is 80.8 Å². The van der Waals surface area contributed by atoms with Crippen molar-refractivity contribution in [3.63, 3.8) is 0 Å². The molecule has 0 saturated heterocycles. The summed E-state index contributed by atoms with van der Waals surface area (Å²) in [5.74, 6) is 0.585. The number of hydrogen-bond donors (Lipinski definition) is 0. The van der Waals surface area contributed by atoms with Gasteiger partial charge in [0.05, 0.1) is 12.3 Å². The smallest absolute Gasteiger partial charge is 0.340 e. The van der Waals surface area contributed by atoms with E-state index in [0.717, 1.165) is 54.7 Å². The van der Waals surface area contributed by atoms with Crippen molar-refractivity contribution in [1.29, 1.82) is 0 Å². The summed E-state index contributed by atoms with van der Waals surface area (Å²) in [4.78, 5) is 16.3. The first-order valence-electron chi connectivity index (χ1n) is 11.1. The number of halogens is 1. The Balaban J connectivity index is 1.39. The summed E-state index contributed by atoms with van der Waals surface area (Å²) in [7, 11) is 0. The predicted octanol–water partition coefficient (Wildman–Crippen LogP) is 6.07. The summed E-state index contributed by atoms with van der Waals surface area (Å²) in [5.41, 5.74) is 3.16. The molecule has 1 aromatic heterocycles. The van der Waals surface area contributed by atoms with Crippen LogP contribution in [0.3, 0.4) is 0 Å². The zero-order valence-electron chi connectivity index (χ0n) is 18.0. The number of alkyl halides is 1. The van der Waals surface area contributed by atoms with Gasteiger partial charge in [-0.2, -0.15) is 0 Å². The van der Waals surface area contributed by atoms with Crippen LogP contribution in [0.2, 0.25) is 0 Å². The van der Waals surface area contributed by atoms with Gasteiger partial charge in [0, 0.05) is 11.8 Å². The van der Waals surface area contributed by atoms with Crippen molar-refractivity contribution in [2.24, 2.45) is 5.92 Å². The molecule has 4 nitrogen and oxygen atoms in total. The second kappa shape index (κ2) is 11.1. The second-order valence-corrected chi connectivity index (χ2v) is 8.25. The molecule has 1 aliphatic rings. The van der Waals surface area contributed by atoms with Crippen LogP contribution in [0, 0.1) is 12.8 Å². The van der Waals surface area contributed by atoms with Crippen LogP contribution in [-0.4, -0.2) is 29.8 Å². The lowest BCUT2D eigenvalue weighted by Gasteiger charge is -2.28. The fourth-order valence-electron chi connectivity index (χ4n) is 3.73. The molecule has 0 unspecified atom stereocenters. The quantitative estimate of drug-likeness (QED) is 0.468. The van der Waals surface area contributed by atoms with Crippen molar-refractivity contribution in [2.45, 2.75) is 71.1 Å². The van der Waals surface area contributed by atoms with Crippen LogP contribution in [0.15, 0.2) is 42.6 Å². The SMILES string of the molecule is CCCC[C@H](F)C(=O)OC1CCC(COc2ccc(-c3ccc(C)cn3)cc2)CC1. The molecule has 0 bridgehead atoms. The van der Waals surface area contributed by atoms with E-state index in [9.17, 15) is 9.18 Å². The van der Waals surface area contributed by atoms with E-state index in [1.165, 1.54) is 0 Å². The Bertz CT molecular complexity index is 783. The van der Waals surface area contributed by atoms with Crippen LogP contribution >= 0.6 is 0 Å². The molecule has 0 amide bonds. The average Bonchev–Trinajstić information content (AvgIpc) is 2.78. The zero-order chi connectivity index (χ0) is 21.3. The third-order valence-electron chi connectivity index (χ3n) is 5.69. The molecule has 5 heteroatoms. The van der Waals surface area contributed by atoms with E-state index >= 15 is 0 Å². The molecule has 30 heavy (non-hydrogen) atoms. The lowest BCUT2D eigenvalue weighted by atomic mass is 9.88. The molecule has 1 saturated carbocycles. The van der Waals surface area contributed by atoms with Gasteiger partial charge >= 0.3 is 5.97 Å². The van der Waals surface area contributed by atoms with Gasteiger partial charge in [-0.1, -0.05) is 25.8 Å². The Hall–Kier alpha value is -2.43. The predicted molar refractivity (Wildman–Crippen MR) is 116 cm³/mol. The Labute approximate surface area is 178 Å². The number of esters is 1. The third-order valence-corrected chi connectivity index (χ3v) is 5.69. The highest BCUT2D eigenvalue weighted by Crippen LogP contribution is 2.28. The standard InChI is InChI=1S/C25H32FNO3/c1-3-4-5-23(26)25(28)30-22-11-7-19(8-12-22)17-29-21-13-9-20(10-14-21)24-15-6-18(2)16-27-24/h6,9-10,13-16,19,22-23H,3-5,7-8,11-12,17H2,1-2H3/t19?,22?,23-/m0/s1. The van der Waals surface area contributed by atoms with Gasteiger partial charge in [0.2, 0.25) is 0 Å². The molecule has 1 aromatic carbocycles. The summed E-state index contributed by atoms with van der Waals surface area (Å²) in [5, 5.41) is 0. The Morgan fingerprint density at radius 2 is 1.87 bits per heavy atom. The maximum Gasteiger partial charge on any atom is 0.340 e. The minimum absolute atomic E-state index is 0.157. The minimum Gasteiger partial charge on any atom is -0.493 e. The maximum atomic E-state index is 13.8. The number of carbonyl (C=O) groups excluding carboxylic acids is 1. The van der Waals surface area contributed by atoms with E-state index in [1.807, 2.05) is 50.4 Å². The van der Waals surface area contributed by atoms with E-state index < -0.39 is 12.1 Å². The van der Waals surface area contributed by atoms with Gasteiger partial charge in [-0.25, -0.2) is 9.18 Å². The summed E-state index contributed by atoms with van der Waals surface area (Å²) < 4.78 is 25.1. The van der Waals surface area contributed by atoms with E-state index in [4.69, 9.17) is 9.47 Å². The number of aryl methyl sites for hydroxylation is 1. The molecular weight excluding hydrogens is 381 g/mol. The van der Waals surface area contributed by atoms with Crippen molar-refractivity contribution >= 4 is 5.97 Å². The fraction of sp³-hybridized carbons (Fsp3) is 0.520. The Kier molecular flexibility index (Phi) is 8.23. The number of hydrogen-bond acceptors (Lipinski definition) is 4. The average molecular weight is 414 g/mol. The number of benzene rings is 1. The molecule has 1 atom stereocenters. The van der Waals surface area contributed by atoms with Gasteiger partial charge in [-0.3, -0.25) is 4.98 Å². The molecular formula is C25H32FNO3. The zero-order valence-corrected chi connectivity index (χ0v) is 18.0. The molecule has 2 aromatic rings. The highest BCUT2D eigenvalue weighted by molar-refractivity contribution is 5.74. The summed E-state index contributed by atoms with van der Waals surface area (Å²) >= 11 is 0. The topological polar surface area (TPSA) is 48.4 Å². The summed E-state index contributed by atoms with van der Waals surface area (Å²) in [6.45, 7) is 4.65. The minimum atomic E-state index is -1.48. The molecule has 0 spiro atoms. The Morgan fingerprint density at radius 1 is 1.13 bits per heavy atom. The van der Waals surface area contributed by atoms with Gasteiger partial charge in [0.25, 0.3) is 0 Å². The van der Waals surface area contributed by atoms with Crippen LogP contribution in [0.25, 0.3) is 11.3 Å². The van der Waals surface area contributed by atoms with Crippen LogP contribution in [0.5, 0.6) is 5.75 Å². The summed E-state index contributed by atoms with van der Waals surface area (Å²) in [6, 6.07) is 12.1. The van der Waals surface area contributed by atoms with Crippen molar-refractivity contribution in [3.05, 3.63) is 48.2 Å². The van der Waals surface area contributed by atoms with Crippen molar-refractivity contribution < 1.29 is 18.7 Å². The van der Waals surface area contributed by atoms with E-state index in [1.54, 1.807) is 0 Å². The monoisotopic (exact) mass is 413 g/mol. The first-order chi connectivity index (χ1) is 14.5. The van der Waals surface area contributed by atoms with Crippen molar-refractivity contribution in [2.75, 3.05) is 6.61 Å². The molecule has 1 aliphatic carbocycles. The number of rotatable bonds is 9. The maximum absolute atomic E-state index is 13.8. The lowest BCUT2D eigenvalue weighted by molar-refractivity contribution is -0.157. The first-order valence-corrected chi connectivity index (χ1v) is 11.1. The molecule has 1 heterocycles. The van der Waals surface area contributed by atoms with Gasteiger partial charge < -0.3 is 9.47 Å². The van der Waals surface area contributed by atoms with Gasteiger partial charge in [0.1, 0.15) is 11.9 Å². The highest BCUT2D eigenvalue weighted by Gasteiger charge is 2.27. The fourth-order valence-corrected chi connectivity index (χ4v) is 3.73. The number of carbonyl (C=O) groups is 1. The molecule has 1 fully saturated rings. The van der Waals surface area contributed by atoms with Crippen molar-refractivity contribution in [3.8, 4) is 17.0 Å². The molecule has 3 rings (SSSR count). The highest BCUT2D eigenvalue weighted by atomic mass is 19.1. The largest absolute Gasteiger partial charge is 0.493 e. The van der Waals surface area contributed by atoms with Crippen LogP contribution in [0.4, 0.5) is 4.39 Å². The number of aromatic nitrogens is 1. The van der Waals surface area contributed by atoms with E-state index in [-0.39, 0.29) is 12.5 Å². The number of nitrogens with zero attached hydrogens (tertiary/aromatic N) is 1. The normalized spacial score (nSPS) is 19.8. The Morgan fingerprint density at radius 3 is 2.50 bits per heavy atom. The van der Waals surface area contributed by atoms with Crippen molar-refractivity contribution in [1.82, 2.24) is 4.98 Å². The van der Waals surface area contributed by atoms with E-state index in [0.29, 0.717) is 18.9 Å². The molecule has 162 valence electrons. The first kappa shape index (κ1) is 22.3. The lowest BCUT2D eigenvalue weighted by Crippen LogP contribution is -2.30. The van der Waals surface area contributed by atoms with Gasteiger partial charge in [-0.15, -0.1) is 0 Å². The number of ether oxygens (including phenoxy) is 2. The number of pyridine rings is 1. The summed E-state index contributed by atoms with van der Waals surface area (Å²) in [6.07, 6.45) is 5.48. The van der Waals surface area contributed by atoms with Crippen LogP contribution in [0.1, 0.15) is 57.4 Å². The second-order valence-electron chi connectivity index (χ2n) is 8.25.